The van der Waals surface area contributed by atoms with Crippen molar-refractivity contribution in [2.75, 3.05) is 5.12 Å². The van der Waals surface area contributed by atoms with Crippen molar-refractivity contribution in [3.8, 4) is 11.1 Å². The molecule has 0 fully saturated rings. The second-order valence-electron chi connectivity index (χ2n) is 12.6. The van der Waals surface area contributed by atoms with E-state index < -0.39 is 5.41 Å². The Morgan fingerprint density at radius 2 is 1.10 bits per heavy atom. The first-order chi connectivity index (χ1) is 24.2. The van der Waals surface area contributed by atoms with Gasteiger partial charge in [0.05, 0.1) is 23.0 Å². The molecule has 0 spiro atoms. The van der Waals surface area contributed by atoms with Crippen molar-refractivity contribution in [2.45, 2.75) is 12.0 Å². The van der Waals surface area contributed by atoms with Crippen LogP contribution in [0, 0.1) is 0 Å². The van der Waals surface area contributed by atoms with E-state index in [4.69, 9.17) is 10.8 Å². The average molecular weight is 631 g/mol. The van der Waals surface area contributed by atoms with Gasteiger partial charge in [-0.05, 0) is 57.1 Å². The summed E-state index contributed by atoms with van der Waals surface area (Å²) in [5.74, 6) is 0.457. The predicted octanol–water partition coefficient (Wildman–Crippen LogP) is 9.62. The van der Waals surface area contributed by atoms with Gasteiger partial charge < -0.3 is 5.73 Å². The van der Waals surface area contributed by atoms with Crippen LogP contribution in [0.5, 0.6) is 0 Å². The Hall–Kier alpha value is -6.39. The third-order valence-electron chi connectivity index (χ3n) is 9.92. The number of benzene rings is 7. The SMILES string of the molecule is NC(=NN(Cc1ccccc1)n1c2ccccc2c2cc3c(cc21)C(c1ccccc1)(c1ccccc1)c1ccccc1-3)c1ccccc1. The molecule has 234 valence electrons. The summed E-state index contributed by atoms with van der Waals surface area (Å²) in [7, 11) is 0. The van der Waals surface area contributed by atoms with E-state index in [2.05, 4.69) is 150 Å². The standard InChI is InChI=1S/C45H34N4/c46-44(33-19-7-2-8-20-33)47-48(31-32-17-5-1-6-18-32)49-42-28-16-14-26-37(42)39-29-38-36-25-13-15-27-40(36)45(41(38)30-43(39)49,34-21-9-3-10-22-34)35-23-11-4-12-24-35/h1-30H,31H2,(H2,46,47). The number of fused-ring (bicyclic) bond motifs is 6. The van der Waals surface area contributed by atoms with Gasteiger partial charge in [0.2, 0.25) is 0 Å². The predicted molar refractivity (Wildman–Crippen MR) is 202 cm³/mol. The lowest BCUT2D eigenvalue weighted by molar-refractivity contribution is 0.639. The smallest absolute Gasteiger partial charge is 0.152 e. The summed E-state index contributed by atoms with van der Waals surface area (Å²) in [6, 6.07) is 64.7. The van der Waals surface area contributed by atoms with Crippen molar-refractivity contribution in [1.82, 2.24) is 4.68 Å². The summed E-state index contributed by atoms with van der Waals surface area (Å²) in [5, 5.41) is 9.53. The van der Waals surface area contributed by atoms with Gasteiger partial charge in [0.15, 0.2) is 5.84 Å². The first kappa shape index (κ1) is 28.8. The minimum absolute atomic E-state index is 0.457. The zero-order valence-electron chi connectivity index (χ0n) is 26.9. The highest BCUT2D eigenvalue weighted by atomic mass is 15.7. The Morgan fingerprint density at radius 3 is 1.80 bits per heavy atom. The summed E-state index contributed by atoms with van der Waals surface area (Å²) in [6.45, 7) is 0.530. The maximum Gasteiger partial charge on any atom is 0.152 e. The molecule has 0 aliphatic heterocycles. The maximum absolute atomic E-state index is 6.78. The monoisotopic (exact) mass is 630 g/mol. The van der Waals surface area contributed by atoms with Crippen LogP contribution in [0.3, 0.4) is 0 Å². The molecule has 0 radical (unpaired) electrons. The topological polar surface area (TPSA) is 46.5 Å². The molecule has 1 aliphatic carbocycles. The van der Waals surface area contributed by atoms with Gasteiger partial charge in [-0.2, -0.15) is 5.12 Å². The molecule has 0 unspecified atom stereocenters. The quantitative estimate of drug-likeness (QED) is 0.108. The molecule has 1 heterocycles. The molecular weight excluding hydrogens is 597 g/mol. The van der Waals surface area contributed by atoms with Crippen LogP contribution in [0.4, 0.5) is 0 Å². The minimum Gasteiger partial charge on any atom is -0.382 e. The lowest BCUT2D eigenvalue weighted by atomic mass is 9.67. The molecule has 0 saturated carbocycles. The van der Waals surface area contributed by atoms with Crippen LogP contribution >= 0.6 is 0 Å². The maximum atomic E-state index is 6.78. The van der Waals surface area contributed by atoms with Crippen molar-refractivity contribution >= 4 is 27.6 Å². The van der Waals surface area contributed by atoms with Gasteiger partial charge in [0.25, 0.3) is 0 Å². The van der Waals surface area contributed by atoms with E-state index in [1.54, 1.807) is 0 Å². The van der Waals surface area contributed by atoms with Gasteiger partial charge >= 0.3 is 0 Å². The number of hydrazone groups is 1. The van der Waals surface area contributed by atoms with Crippen molar-refractivity contribution in [3.63, 3.8) is 0 Å². The van der Waals surface area contributed by atoms with Gasteiger partial charge in [-0.25, -0.2) is 4.68 Å². The van der Waals surface area contributed by atoms with Crippen molar-refractivity contribution < 1.29 is 0 Å². The number of para-hydroxylation sites is 1. The van der Waals surface area contributed by atoms with Gasteiger partial charge in [0.1, 0.15) is 0 Å². The third-order valence-corrected chi connectivity index (χ3v) is 9.92. The first-order valence-corrected chi connectivity index (χ1v) is 16.7. The fraction of sp³-hybridized carbons (Fsp3) is 0.0444. The van der Waals surface area contributed by atoms with Crippen LogP contribution < -0.4 is 10.9 Å². The van der Waals surface area contributed by atoms with Gasteiger partial charge in [-0.3, -0.25) is 0 Å². The minimum atomic E-state index is -0.513. The summed E-state index contributed by atoms with van der Waals surface area (Å²) in [6.07, 6.45) is 0. The zero-order chi connectivity index (χ0) is 32.8. The van der Waals surface area contributed by atoms with Crippen molar-refractivity contribution in [1.29, 1.82) is 0 Å². The normalized spacial score (nSPS) is 13.3. The number of amidine groups is 1. The molecule has 49 heavy (non-hydrogen) atoms. The average Bonchev–Trinajstić information content (AvgIpc) is 3.65. The molecule has 7 aromatic carbocycles. The van der Waals surface area contributed by atoms with Crippen LogP contribution in [0.15, 0.2) is 187 Å². The molecule has 8 aromatic rings. The Bertz CT molecular complexity index is 2430. The molecule has 1 aliphatic rings. The van der Waals surface area contributed by atoms with Crippen molar-refractivity contribution in [3.05, 3.63) is 215 Å². The molecule has 4 nitrogen and oxygen atoms in total. The molecule has 0 atom stereocenters. The highest BCUT2D eigenvalue weighted by molar-refractivity contribution is 6.11. The van der Waals surface area contributed by atoms with Crippen LogP contribution in [-0.2, 0) is 12.0 Å². The largest absolute Gasteiger partial charge is 0.382 e. The molecule has 0 bridgehead atoms. The van der Waals surface area contributed by atoms with E-state index in [1.807, 2.05) is 41.5 Å². The number of hydrogen-bond donors (Lipinski definition) is 1. The van der Waals surface area contributed by atoms with Crippen LogP contribution in [0.2, 0.25) is 0 Å². The van der Waals surface area contributed by atoms with E-state index in [-0.39, 0.29) is 0 Å². The number of nitrogens with two attached hydrogens (primary N) is 1. The Labute approximate surface area is 286 Å². The van der Waals surface area contributed by atoms with E-state index in [1.165, 1.54) is 44.2 Å². The van der Waals surface area contributed by atoms with Gasteiger partial charge in [0, 0.05) is 16.3 Å². The first-order valence-electron chi connectivity index (χ1n) is 16.7. The zero-order valence-corrected chi connectivity index (χ0v) is 26.9. The van der Waals surface area contributed by atoms with Crippen LogP contribution in [-0.4, -0.2) is 10.5 Å². The number of rotatable bonds is 7. The number of aromatic nitrogens is 1. The Morgan fingerprint density at radius 1 is 0.531 bits per heavy atom. The molecule has 0 saturated heterocycles. The molecular formula is C45H34N4. The second kappa shape index (κ2) is 11.7. The van der Waals surface area contributed by atoms with Crippen molar-refractivity contribution in [2.24, 2.45) is 10.8 Å². The molecule has 9 rings (SSSR count). The number of nitrogens with zero attached hydrogens (tertiary/aromatic N) is 3. The lowest BCUT2D eigenvalue weighted by Crippen LogP contribution is -2.32. The van der Waals surface area contributed by atoms with Gasteiger partial charge in [-0.1, -0.05) is 164 Å². The summed E-state index contributed by atoms with van der Waals surface area (Å²) in [5.41, 5.74) is 18.0. The molecule has 1 aromatic heterocycles. The molecule has 0 amide bonds. The summed E-state index contributed by atoms with van der Waals surface area (Å²) in [4.78, 5) is 0. The van der Waals surface area contributed by atoms with Crippen LogP contribution in [0.25, 0.3) is 32.9 Å². The van der Waals surface area contributed by atoms with Gasteiger partial charge in [-0.15, -0.1) is 5.10 Å². The fourth-order valence-corrected chi connectivity index (χ4v) is 7.82. The number of hydrogen-bond acceptors (Lipinski definition) is 2. The third kappa shape index (κ3) is 4.56. The highest BCUT2D eigenvalue weighted by Gasteiger charge is 2.46. The second-order valence-corrected chi connectivity index (χ2v) is 12.6. The fourth-order valence-electron chi connectivity index (χ4n) is 7.82. The van der Waals surface area contributed by atoms with E-state index >= 15 is 0 Å². The van der Waals surface area contributed by atoms with E-state index in [0.29, 0.717) is 12.4 Å². The van der Waals surface area contributed by atoms with E-state index in [9.17, 15) is 0 Å². The van der Waals surface area contributed by atoms with Crippen LogP contribution in [0.1, 0.15) is 33.4 Å². The Balaban J connectivity index is 1.38. The summed E-state index contributed by atoms with van der Waals surface area (Å²) >= 11 is 0. The highest BCUT2D eigenvalue weighted by Crippen LogP contribution is 2.57. The summed E-state index contributed by atoms with van der Waals surface area (Å²) < 4.78 is 2.26. The molecule has 4 heteroatoms. The molecule has 2 N–H and O–H groups in total. The van der Waals surface area contributed by atoms with E-state index in [0.717, 1.165) is 22.2 Å². The lowest BCUT2D eigenvalue weighted by Gasteiger charge is -2.34. The Kier molecular flexibility index (Phi) is 6.87.